The number of likely N-dealkylation sites (tertiary alicyclic amines) is 1. The molecule has 1 fully saturated rings. The van der Waals surface area contributed by atoms with Crippen molar-refractivity contribution in [3.63, 3.8) is 0 Å². The number of piperidine rings is 1. The first-order valence-corrected chi connectivity index (χ1v) is 7.61. The van der Waals surface area contributed by atoms with Crippen LogP contribution in [0.1, 0.15) is 66.2 Å². The van der Waals surface area contributed by atoms with Crippen LogP contribution in [-0.2, 0) is 0 Å². The summed E-state index contributed by atoms with van der Waals surface area (Å²) in [5.41, 5.74) is 0. The van der Waals surface area contributed by atoms with Crippen LogP contribution in [0, 0.1) is 5.92 Å². The van der Waals surface area contributed by atoms with Gasteiger partial charge in [-0.05, 0) is 51.4 Å². The zero-order chi connectivity index (χ0) is 13.5. The molecular weight excluding hydrogens is 224 g/mol. The third-order valence-electron chi connectivity index (χ3n) is 3.91. The standard InChI is InChI=1S/C15H30N2O/c1-5-14-8-6-7-11-17(14)15(18)16-13(4)10-9-12(2)3/h12-14H,5-11H2,1-4H3,(H,16,18). The smallest absolute Gasteiger partial charge is 0.317 e. The average molecular weight is 254 g/mol. The van der Waals surface area contributed by atoms with E-state index in [-0.39, 0.29) is 6.03 Å². The van der Waals surface area contributed by atoms with Crippen molar-refractivity contribution in [2.45, 2.75) is 78.3 Å². The van der Waals surface area contributed by atoms with E-state index in [4.69, 9.17) is 0 Å². The molecule has 0 saturated carbocycles. The second-order valence-corrected chi connectivity index (χ2v) is 6.07. The summed E-state index contributed by atoms with van der Waals surface area (Å²) < 4.78 is 0. The van der Waals surface area contributed by atoms with Crippen LogP contribution in [0.15, 0.2) is 0 Å². The molecule has 0 aliphatic carbocycles. The van der Waals surface area contributed by atoms with Crippen molar-refractivity contribution in [2.24, 2.45) is 5.92 Å². The molecule has 1 heterocycles. The Kier molecular flexibility index (Phi) is 6.51. The zero-order valence-electron chi connectivity index (χ0n) is 12.5. The molecular formula is C15H30N2O. The minimum absolute atomic E-state index is 0.151. The van der Waals surface area contributed by atoms with Gasteiger partial charge in [0, 0.05) is 18.6 Å². The van der Waals surface area contributed by atoms with Crippen LogP contribution in [0.2, 0.25) is 0 Å². The molecule has 2 unspecified atom stereocenters. The van der Waals surface area contributed by atoms with Crippen LogP contribution in [-0.4, -0.2) is 29.6 Å². The Morgan fingerprint density at radius 3 is 2.61 bits per heavy atom. The Hall–Kier alpha value is -0.730. The van der Waals surface area contributed by atoms with Crippen LogP contribution >= 0.6 is 0 Å². The number of rotatable bonds is 5. The van der Waals surface area contributed by atoms with E-state index in [2.05, 4.69) is 37.9 Å². The maximum atomic E-state index is 12.2. The van der Waals surface area contributed by atoms with Crippen LogP contribution in [0.4, 0.5) is 4.79 Å². The molecule has 18 heavy (non-hydrogen) atoms. The summed E-state index contributed by atoms with van der Waals surface area (Å²) in [4.78, 5) is 14.3. The van der Waals surface area contributed by atoms with Crippen LogP contribution < -0.4 is 5.32 Å². The fourth-order valence-electron chi connectivity index (χ4n) is 2.64. The number of nitrogens with zero attached hydrogens (tertiary/aromatic N) is 1. The molecule has 0 bridgehead atoms. The highest BCUT2D eigenvalue weighted by atomic mass is 16.2. The molecule has 2 atom stereocenters. The number of urea groups is 1. The summed E-state index contributed by atoms with van der Waals surface area (Å²) in [6.07, 6.45) is 6.93. The molecule has 2 amide bonds. The van der Waals surface area contributed by atoms with E-state index in [1.54, 1.807) is 0 Å². The predicted molar refractivity (Wildman–Crippen MR) is 76.7 cm³/mol. The lowest BCUT2D eigenvalue weighted by atomic mass is 10.0. The quantitative estimate of drug-likeness (QED) is 0.795. The second-order valence-electron chi connectivity index (χ2n) is 6.07. The molecule has 1 rings (SSSR count). The van der Waals surface area contributed by atoms with Crippen molar-refractivity contribution >= 4 is 6.03 Å². The Balaban J connectivity index is 2.38. The Morgan fingerprint density at radius 2 is 2.00 bits per heavy atom. The van der Waals surface area contributed by atoms with Gasteiger partial charge in [-0.1, -0.05) is 20.8 Å². The molecule has 0 spiro atoms. The molecule has 1 aliphatic rings. The van der Waals surface area contributed by atoms with Crippen LogP contribution in [0.25, 0.3) is 0 Å². The molecule has 106 valence electrons. The van der Waals surface area contributed by atoms with E-state index in [1.165, 1.54) is 19.3 Å². The third-order valence-corrected chi connectivity index (χ3v) is 3.91. The second kappa shape index (κ2) is 7.65. The zero-order valence-corrected chi connectivity index (χ0v) is 12.5. The SMILES string of the molecule is CCC1CCCCN1C(=O)NC(C)CCC(C)C. The lowest BCUT2D eigenvalue weighted by Gasteiger charge is -2.36. The average Bonchev–Trinajstić information content (AvgIpc) is 2.36. The van der Waals surface area contributed by atoms with Gasteiger partial charge in [-0.25, -0.2) is 4.79 Å². The molecule has 0 aromatic heterocycles. The summed E-state index contributed by atoms with van der Waals surface area (Å²) in [6, 6.07) is 0.896. The molecule has 1 N–H and O–H groups in total. The van der Waals surface area contributed by atoms with Crippen LogP contribution in [0.3, 0.4) is 0 Å². The monoisotopic (exact) mass is 254 g/mol. The van der Waals surface area contributed by atoms with Crippen molar-refractivity contribution in [1.29, 1.82) is 0 Å². The topological polar surface area (TPSA) is 32.3 Å². The van der Waals surface area contributed by atoms with Crippen molar-refractivity contribution in [2.75, 3.05) is 6.54 Å². The highest BCUT2D eigenvalue weighted by Gasteiger charge is 2.25. The van der Waals surface area contributed by atoms with Gasteiger partial charge >= 0.3 is 6.03 Å². The number of carbonyl (C=O) groups is 1. The van der Waals surface area contributed by atoms with E-state index in [9.17, 15) is 4.79 Å². The first kappa shape index (κ1) is 15.3. The first-order valence-electron chi connectivity index (χ1n) is 7.61. The van der Waals surface area contributed by atoms with Gasteiger partial charge in [0.1, 0.15) is 0 Å². The summed E-state index contributed by atoms with van der Waals surface area (Å²) in [7, 11) is 0. The normalized spacial score (nSPS) is 22.1. The van der Waals surface area contributed by atoms with E-state index in [0.717, 1.165) is 25.8 Å². The Bertz CT molecular complexity index is 253. The van der Waals surface area contributed by atoms with Gasteiger partial charge in [0.05, 0.1) is 0 Å². The number of hydrogen-bond donors (Lipinski definition) is 1. The molecule has 3 nitrogen and oxygen atoms in total. The Morgan fingerprint density at radius 1 is 1.28 bits per heavy atom. The van der Waals surface area contributed by atoms with Crippen molar-refractivity contribution in [3.05, 3.63) is 0 Å². The van der Waals surface area contributed by atoms with E-state index >= 15 is 0 Å². The van der Waals surface area contributed by atoms with Gasteiger partial charge in [0.2, 0.25) is 0 Å². The van der Waals surface area contributed by atoms with Crippen molar-refractivity contribution in [3.8, 4) is 0 Å². The van der Waals surface area contributed by atoms with Crippen molar-refractivity contribution in [1.82, 2.24) is 10.2 Å². The van der Waals surface area contributed by atoms with Gasteiger partial charge in [-0.15, -0.1) is 0 Å². The molecule has 3 heteroatoms. The third kappa shape index (κ3) is 4.87. The molecule has 1 saturated heterocycles. The van der Waals surface area contributed by atoms with E-state index in [1.807, 2.05) is 0 Å². The van der Waals surface area contributed by atoms with Gasteiger partial charge in [-0.2, -0.15) is 0 Å². The number of carbonyl (C=O) groups excluding carboxylic acids is 1. The maximum absolute atomic E-state index is 12.2. The molecule has 0 aromatic carbocycles. The largest absolute Gasteiger partial charge is 0.336 e. The fraction of sp³-hybridized carbons (Fsp3) is 0.933. The van der Waals surface area contributed by atoms with E-state index in [0.29, 0.717) is 18.0 Å². The Labute approximate surface area is 112 Å². The fourth-order valence-corrected chi connectivity index (χ4v) is 2.64. The minimum Gasteiger partial charge on any atom is -0.336 e. The van der Waals surface area contributed by atoms with E-state index < -0.39 is 0 Å². The number of nitrogens with one attached hydrogen (secondary N) is 1. The summed E-state index contributed by atoms with van der Waals surface area (Å²) in [5, 5.41) is 3.16. The lowest BCUT2D eigenvalue weighted by Crippen LogP contribution is -2.50. The van der Waals surface area contributed by atoms with Gasteiger partial charge in [0.25, 0.3) is 0 Å². The first-order chi connectivity index (χ1) is 8.54. The maximum Gasteiger partial charge on any atom is 0.317 e. The van der Waals surface area contributed by atoms with Gasteiger partial charge in [0.15, 0.2) is 0 Å². The van der Waals surface area contributed by atoms with Gasteiger partial charge < -0.3 is 10.2 Å². The molecule has 0 aromatic rings. The predicted octanol–water partition coefficient (Wildman–Crippen LogP) is 3.79. The number of hydrogen-bond acceptors (Lipinski definition) is 1. The minimum atomic E-state index is 0.151. The van der Waals surface area contributed by atoms with Crippen molar-refractivity contribution < 1.29 is 4.79 Å². The van der Waals surface area contributed by atoms with Crippen LogP contribution in [0.5, 0.6) is 0 Å². The highest BCUT2D eigenvalue weighted by molar-refractivity contribution is 5.74. The lowest BCUT2D eigenvalue weighted by molar-refractivity contribution is 0.145. The highest BCUT2D eigenvalue weighted by Crippen LogP contribution is 2.19. The number of amides is 2. The molecule has 0 radical (unpaired) electrons. The summed E-state index contributed by atoms with van der Waals surface area (Å²) in [5.74, 6) is 0.711. The van der Waals surface area contributed by atoms with Gasteiger partial charge in [-0.3, -0.25) is 0 Å². The summed E-state index contributed by atoms with van der Waals surface area (Å²) in [6.45, 7) is 9.68. The summed E-state index contributed by atoms with van der Waals surface area (Å²) >= 11 is 0. The molecule has 1 aliphatic heterocycles.